The molecular weight excluding hydrogens is 358 g/mol. The average Bonchev–Trinajstić information content (AvgIpc) is 3.00. The molecular formula is C20H27N5O3. The lowest BCUT2D eigenvalue weighted by Gasteiger charge is -2.34. The second-order valence-electron chi connectivity index (χ2n) is 7.80. The van der Waals surface area contributed by atoms with Crippen LogP contribution < -0.4 is 11.1 Å². The van der Waals surface area contributed by atoms with Crippen molar-refractivity contribution in [1.82, 2.24) is 20.0 Å². The number of piperazine rings is 1. The van der Waals surface area contributed by atoms with E-state index in [1.165, 1.54) is 0 Å². The third kappa shape index (κ3) is 3.80. The van der Waals surface area contributed by atoms with Gasteiger partial charge in [-0.15, -0.1) is 0 Å². The molecule has 3 aliphatic heterocycles. The van der Waals surface area contributed by atoms with Gasteiger partial charge >= 0.3 is 0 Å². The minimum Gasteiger partial charge on any atom is -0.329 e. The molecule has 0 spiro atoms. The molecule has 8 nitrogen and oxygen atoms in total. The maximum atomic E-state index is 12.9. The summed E-state index contributed by atoms with van der Waals surface area (Å²) in [6.45, 7) is 6.90. The molecule has 3 N–H and O–H groups in total. The lowest BCUT2D eigenvalue weighted by atomic mass is 10.0. The van der Waals surface area contributed by atoms with E-state index < -0.39 is 6.04 Å². The number of benzene rings is 1. The van der Waals surface area contributed by atoms with E-state index in [4.69, 9.17) is 5.73 Å². The van der Waals surface area contributed by atoms with Crippen LogP contribution in [0, 0.1) is 0 Å². The first-order valence-corrected chi connectivity index (χ1v) is 9.96. The van der Waals surface area contributed by atoms with Gasteiger partial charge < -0.3 is 10.6 Å². The van der Waals surface area contributed by atoms with Crippen LogP contribution in [0.2, 0.25) is 0 Å². The fourth-order valence-electron chi connectivity index (χ4n) is 4.31. The standard InChI is InChI=1S/C20H27N5O3/c21-5-6-23-7-9-24(10-8-23)12-14-1-2-15-13-25(20(28)16(15)11-14)17-3-4-18(26)22-19(17)27/h1-2,11,17H,3-10,12-13,21H2,(H,22,26,27). The number of piperidine rings is 1. The van der Waals surface area contributed by atoms with Gasteiger partial charge in [-0.1, -0.05) is 12.1 Å². The zero-order valence-corrected chi connectivity index (χ0v) is 16.0. The molecule has 2 fully saturated rings. The Kier molecular flexibility index (Phi) is 5.43. The number of nitrogens with one attached hydrogen (secondary N) is 1. The monoisotopic (exact) mass is 385 g/mol. The molecule has 0 aromatic heterocycles. The highest BCUT2D eigenvalue weighted by molar-refractivity contribution is 6.05. The Hall–Kier alpha value is -2.29. The highest BCUT2D eigenvalue weighted by Crippen LogP contribution is 2.28. The maximum Gasteiger partial charge on any atom is 0.255 e. The first-order valence-electron chi connectivity index (χ1n) is 9.96. The summed E-state index contributed by atoms with van der Waals surface area (Å²) in [7, 11) is 0. The van der Waals surface area contributed by atoms with Crippen LogP contribution in [0.15, 0.2) is 18.2 Å². The van der Waals surface area contributed by atoms with E-state index in [1.807, 2.05) is 12.1 Å². The highest BCUT2D eigenvalue weighted by atomic mass is 16.2. The Morgan fingerprint density at radius 3 is 2.54 bits per heavy atom. The number of carbonyl (C=O) groups is 3. The largest absolute Gasteiger partial charge is 0.329 e. The van der Waals surface area contributed by atoms with Crippen LogP contribution in [0.25, 0.3) is 0 Å². The molecule has 0 aliphatic carbocycles. The molecule has 3 heterocycles. The van der Waals surface area contributed by atoms with E-state index in [0.29, 0.717) is 25.1 Å². The van der Waals surface area contributed by atoms with E-state index in [1.54, 1.807) is 4.90 Å². The van der Waals surface area contributed by atoms with Gasteiger partial charge in [0.05, 0.1) is 0 Å². The summed E-state index contributed by atoms with van der Waals surface area (Å²) in [4.78, 5) is 42.8. The molecule has 0 bridgehead atoms. The number of imide groups is 1. The van der Waals surface area contributed by atoms with Crippen molar-refractivity contribution in [2.75, 3.05) is 39.3 Å². The van der Waals surface area contributed by atoms with Gasteiger partial charge in [0.1, 0.15) is 6.04 Å². The van der Waals surface area contributed by atoms with Crippen LogP contribution in [0.1, 0.15) is 34.3 Å². The molecule has 1 aromatic rings. The molecule has 1 aromatic carbocycles. The summed E-state index contributed by atoms with van der Waals surface area (Å²) >= 11 is 0. The second kappa shape index (κ2) is 7.98. The van der Waals surface area contributed by atoms with Crippen molar-refractivity contribution in [3.8, 4) is 0 Å². The summed E-state index contributed by atoms with van der Waals surface area (Å²) in [6, 6.07) is 5.48. The molecule has 150 valence electrons. The predicted octanol–water partition coefficient (Wildman–Crippen LogP) is -0.476. The second-order valence-corrected chi connectivity index (χ2v) is 7.80. The number of rotatable bonds is 5. The van der Waals surface area contributed by atoms with Crippen molar-refractivity contribution >= 4 is 17.7 Å². The summed E-state index contributed by atoms with van der Waals surface area (Å²) < 4.78 is 0. The Morgan fingerprint density at radius 1 is 1.07 bits per heavy atom. The lowest BCUT2D eigenvalue weighted by Crippen LogP contribution is -2.52. The lowest BCUT2D eigenvalue weighted by molar-refractivity contribution is -0.136. The predicted molar refractivity (Wildman–Crippen MR) is 103 cm³/mol. The number of hydrogen-bond donors (Lipinski definition) is 2. The Balaban J connectivity index is 1.41. The van der Waals surface area contributed by atoms with E-state index in [2.05, 4.69) is 21.2 Å². The SMILES string of the molecule is NCCN1CCN(Cc2ccc3c(c2)C(=O)N(C2CCC(=O)NC2=O)C3)CC1. The molecule has 3 amide bonds. The van der Waals surface area contributed by atoms with Crippen LogP contribution >= 0.6 is 0 Å². The fraction of sp³-hybridized carbons (Fsp3) is 0.550. The van der Waals surface area contributed by atoms with Crippen molar-refractivity contribution in [3.63, 3.8) is 0 Å². The average molecular weight is 385 g/mol. The van der Waals surface area contributed by atoms with Gasteiger partial charge in [0, 0.05) is 64.3 Å². The minimum atomic E-state index is -0.559. The van der Waals surface area contributed by atoms with Crippen molar-refractivity contribution in [1.29, 1.82) is 0 Å². The van der Waals surface area contributed by atoms with Crippen molar-refractivity contribution < 1.29 is 14.4 Å². The maximum absolute atomic E-state index is 12.9. The van der Waals surface area contributed by atoms with Gasteiger partial charge in [0.15, 0.2) is 0 Å². The van der Waals surface area contributed by atoms with E-state index in [-0.39, 0.29) is 24.1 Å². The first kappa shape index (κ1) is 19.0. The normalized spacial score (nSPS) is 23.8. The molecule has 0 radical (unpaired) electrons. The zero-order valence-electron chi connectivity index (χ0n) is 16.0. The van der Waals surface area contributed by atoms with Gasteiger partial charge in [-0.05, 0) is 23.6 Å². The van der Waals surface area contributed by atoms with Crippen molar-refractivity contribution in [2.45, 2.75) is 32.0 Å². The van der Waals surface area contributed by atoms with E-state index >= 15 is 0 Å². The number of nitrogens with zero attached hydrogens (tertiary/aromatic N) is 3. The highest BCUT2D eigenvalue weighted by Gasteiger charge is 2.39. The van der Waals surface area contributed by atoms with Crippen LogP contribution in [-0.2, 0) is 22.7 Å². The van der Waals surface area contributed by atoms with Crippen LogP contribution in [0.5, 0.6) is 0 Å². The molecule has 4 rings (SSSR count). The van der Waals surface area contributed by atoms with E-state index in [9.17, 15) is 14.4 Å². The molecule has 1 atom stereocenters. The molecule has 3 aliphatic rings. The Labute approximate surface area is 164 Å². The van der Waals surface area contributed by atoms with Gasteiger partial charge in [-0.2, -0.15) is 0 Å². The van der Waals surface area contributed by atoms with Gasteiger partial charge in [-0.25, -0.2) is 0 Å². The van der Waals surface area contributed by atoms with Crippen LogP contribution in [0.3, 0.4) is 0 Å². The number of carbonyl (C=O) groups excluding carboxylic acids is 3. The summed E-state index contributed by atoms with van der Waals surface area (Å²) in [5, 5.41) is 2.34. The molecule has 0 saturated carbocycles. The number of fused-ring (bicyclic) bond motifs is 1. The topological polar surface area (TPSA) is 99.0 Å². The van der Waals surface area contributed by atoms with Crippen molar-refractivity contribution in [3.05, 3.63) is 34.9 Å². The Morgan fingerprint density at radius 2 is 1.82 bits per heavy atom. The van der Waals surface area contributed by atoms with Crippen LogP contribution in [0.4, 0.5) is 0 Å². The Bertz CT molecular complexity index is 788. The number of hydrogen-bond acceptors (Lipinski definition) is 6. The van der Waals surface area contributed by atoms with Crippen molar-refractivity contribution in [2.24, 2.45) is 5.73 Å². The molecule has 8 heteroatoms. The van der Waals surface area contributed by atoms with Gasteiger partial charge in [-0.3, -0.25) is 29.5 Å². The summed E-state index contributed by atoms with van der Waals surface area (Å²) in [5.41, 5.74) is 8.38. The molecule has 28 heavy (non-hydrogen) atoms. The fourth-order valence-corrected chi connectivity index (χ4v) is 4.31. The summed E-state index contributed by atoms with van der Waals surface area (Å²) in [6.07, 6.45) is 0.669. The molecule has 1 unspecified atom stereocenters. The first-order chi connectivity index (χ1) is 13.5. The number of amides is 3. The van der Waals surface area contributed by atoms with E-state index in [0.717, 1.165) is 50.4 Å². The minimum absolute atomic E-state index is 0.112. The third-order valence-electron chi connectivity index (χ3n) is 5.91. The third-order valence-corrected chi connectivity index (χ3v) is 5.91. The van der Waals surface area contributed by atoms with Gasteiger partial charge in [0.25, 0.3) is 5.91 Å². The molecule has 2 saturated heterocycles. The quantitative estimate of drug-likeness (QED) is 0.665. The number of nitrogens with two attached hydrogens (primary N) is 1. The van der Waals surface area contributed by atoms with Gasteiger partial charge in [0.2, 0.25) is 11.8 Å². The van der Waals surface area contributed by atoms with Crippen LogP contribution in [-0.4, -0.2) is 77.7 Å². The summed E-state index contributed by atoms with van der Waals surface area (Å²) in [5.74, 6) is -0.744. The zero-order chi connectivity index (χ0) is 19.7. The smallest absolute Gasteiger partial charge is 0.255 e.